The van der Waals surface area contributed by atoms with E-state index in [9.17, 15) is 26.4 Å². The number of ether oxygens (including phenoxy) is 1. The van der Waals surface area contributed by atoms with Gasteiger partial charge in [-0.15, -0.1) is 0 Å². The molecule has 0 bridgehead atoms. The van der Waals surface area contributed by atoms with Gasteiger partial charge in [0.2, 0.25) is 20.0 Å². The van der Waals surface area contributed by atoms with Crippen molar-refractivity contribution in [2.45, 2.75) is 49.2 Å². The van der Waals surface area contributed by atoms with Crippen LogP contribution in [0.15, 0.2) is 131 Å². The maximum atomic E-state index is 14.7. The predicted octanol–water partition coefficient (Wildman–Crippen LogP) is 5.58. The van der Waals surface area contributed by atoms with Crippen molar-refractivity contribution >= 4 is 31.8 Å². The minimum atomic E-state index is -4.50. The molecule has 1 aliphatic rings. The van der Waals surface area contributed by atoms with Gasteiger partial charge in [0, 0.05) is 0 Å². The van der Waals surface area contributed by atoms with Crippen LogP contribution >= 0.6 is 0 Å². The summed E-state index contributed by atoms with van der Waals surface area (Å²) in [6.07, 6.45) is 1.35. The van der Waals surface area contributed by atoms with Crippen LogP contribution in [0, 0.1) is 13.8 Å². The fourth-order valence-corrected chi connectivity index (χ4v) is 8.26. The summed E-state index contributed by atoms with van der Waals surface area (Å²) < 4.78 is 66.5. The SMILES string of the molecule is CC(C)=O.COC(=O)C1=C[C@](NS(=O)(=O)c2ccc(C)cc2)(c2ccccc2)N(S(=O)(=O)c2ccc(C)cc2)[C@H]1c1ccccc1. The van der Waals surface area contributed by atoms with Crippen LogP contribution in [0.2, 0.25) is 0 Å². The maximum Gasteiger partial charge on any atom is 0.335 e. The first-order valence-electron chi connectivity index (χ1n) is 14.3. The van der Waals surface area contributed by atoms with E-state index in [1.165, 1.54) is 51.3 Å². The van der Waals surface area contributed by atoms with E-state index in [1.807, 2.05) is 13.8 Å². The normalized spacial score (nSPS) is 18.2. The Morgan fingerprint density at radius 2 is 1.17 bits per heavy atom. The summed E-state index contributed by atoms with van der Waals surface area (Å²) in [7, 11) is -7.66. The molecule has 0 saturated carbocycles. The minimum absolute atomic E-state index is 0.0326. The van der Waals surface area contributed by atoms with Crippen molar-refractivity contribution in [2.24, 2.45) is 0 Å². The molecule has 4 aromatic rings. The van der Waals surface area contributed by atoms with Gasteiger partial charge in [-0.05, 0) is 69.2 Å². The number of hydrogen-bond donors (Lipinski definition) is 1. The van der Waals surface area contributed by atoms with Crippen LogP contribution in [-0.2, 0) is 40.0 Å². The highest BCUT2D eigenvalue weighted by molar-refractivity contribution is 7.90. The fourth-order valence-electron chi connectivity index (χ4n) is 5.11. The molecule has 1 N–H and O–H groups in total. The molecule has 240 valence electrons. The highest BCUT2D eigenvalue weighted by atomic mass is 32.2. The average Bonchev–Trinajstić information content (AvgIpc) is 3.38. The van der Waals surface area contributed by atoms with Gasteiger partial charge >= 0.3 is 5.97 Å². The van der Waals surface area contributed by atoms with Gasteiger partial charge in [-0.2, -0.15) is 9.03 Å². The van der Waals surface area contributed by atoms with E-state index in [2.05, 4.69) is 4.72 Å². The number of sulfonamides is 2. The van der Waals surface area contributed by atoms with Crippen LogP contribution in [0.5, 0.6) is 0 Å². The van der Waals surface area contributed by atoms with E-state index in [1.54, 1.807) is 84.9 Å². The zero-order valence-electron chi connectivity index (χ0n) is 26.2. The molecule has 1 aliphatic heterocycles. The number of nitrogens with one attached hydrogen (secondary N) is 1. The summed E-state index contributed by atoms with van der Waals surface area (Å²) in [6.45, 7) is 6.72. The van der Waals surface area contributed by atoms with Gasteiger partial charge in [0.25, 0.3) is 0 Å². The number of esters is 1. The molecule has 0 radical (unpaired) electrons. The number of Topliss-reactive ketones (excluding diaryl/α,β-unsaturated/α-hetero) is 1. The van der Waals surface area contributed by atoms with Gasteiger partial charge in [0.15, 0.2) is 0 Å². The quantitative estimate of drug-likeness (QED) is 0.245. The standard InChI is InChI=1S/C32H30N2O6S2.C3H6O/c1-23-14-18-27(19-15-23)41(36,37)33-32(26-12-8-5-9-13-26)22-29(31(35)40-3)30(25-10-6-4-7-11-25)34(32)42(38,39)28-20-16-24(2)17-21-28;1-3(2)4/h4-22,30,33H,1-3H3;1-2H3/t30-,32+;/m0./s1. The fraction of sp³-hybridized carbons (Fsp3) is 0.200. The third kappa shape index (κ3) is 7.18. The Morgan fingerprint density at radius 1 is 0.717 bits per heavy atom. The van der Waals surface area contributed by atoms with E-state index < -0.39 is 37.7 Å². The van der Waals surface area contributed by atoms with Crippen molar-refractivity contribution in [3.05, 3.63) is 143 Å². The van der Waals surface area contributed by atoms with Crippen molar-refractivity contribution in [2.75, 3.05) is 7.11 Å². The Balaban J connectivity index is 0.00000113. The Hall–Kier alpha value is -4.42. The largest absolute Gasteiger partial charge is 0.466 e. The van der Waals surface area contributed by atoms with Crippen LogP contribution in [0.1, 0.15) is 42.1 Å². The molecule has 0 saturated heterocycles. The van der Waals surface area contributed by atoms with Crippen molar-refractivity contribution in [1.82, 2.24) is 9.03 Å². The number of carbonyl (C=O) groups is 2. The molecule has 11 heteroatoms. The molecule has 0 fully saturated rings. The topological polar surface area (TPSA) is 127 Å². The summed E-state index contributed by atoms with van der Waals surface area (Å²) in [5, 5.41) is 0. The maximum absolute atomic E-state index is 14.7. The molecule has 0 unspecified atom stereocenters. The van der Waals surface area contributed by atoms with Crippen molar-refractivity contribution in [3.63, 3.8) is 0 Å². The Kier molecular flexibility index (Phi) is 10.4. The van der Waals surface area contributed by atoms with Crippen LogP contribution in [0.4, 0.5) is 0 Å². The first-order chi connectivity index (χ1) is 21.7. The van der Waals surface area contributed by atoms with Gasteiger partial charge in [0.05, 0.1) is 28.5 Å². The molecule has 0 spiro atoms. The molecule has 1 heterocycles. The zero-order chi connectivity index (χ0) is 33.7. The predicted molar refractivity (Wildman–Crippen MR) is 175 cm³/mol. The lowest BCUT2D eigenvalue weighted by Gasteiger charge is -2.40. The van der Waals surface area contributed by atoms with Gasteiger partial charge in [-0.25, -0.2) is 21.6 Å². The number of benzene rings is 4. The first kappa shape index (κ1) is 34.5. The molecule has 0 amide bonds. The van der Waals surface area contributed by atoms with Crippen LogP contribution in [0.25, 0.3) is 0 Å². The average molecular weight is 661 g/mol. The van der Waals surface area contributed by atoms with E-state index >= 15 is 0 Å². The van der Waals surface area contributed by atoms with Gasteiger partial charge < -0.3 is 9.53 Å². The van der Waals surface area contributed by atoms with Crippen LogP contribution in [0.3, 0.4) is 0 Å². The summed E-state index contributed by atoms with van der Waals surface area (Å²) in [5.41, 5.74) is 0.354. The Morgan fingerprint density at radius 3 is 1.65 bits per heavy atom. The third-order valence-electron chi connectivity index (χ3n) is 7.19. The smallest absolute Gasteiger partial charge is 0.335 e. The van der Waals surface area contributed by atoms with Gasteiger partial charge in [-0.3, -0.25) is 0 Å². The lowest BCUT2D eigenvalue weighted by Crippen LogP contribution is -2.57. The lowest BCUT2D eigenvalue weighted by molar-refractivity contribution is -0.136. The summed E-state index contributed by atoms with van der Waals surface area (Å²) >= 11 is 0. The van der Waals surface area contributed by atoms with Crippen LogP contribution < -0.4 is 4.72 Å². The van der Waals surface area contributed by atoms with Crippen molar-refractivity contribution < 1.29 is 31.2 Å². The minimum Gasteiger partial charge on any atom is -0.466 e. The number of rotatable bonds is 8. The molecule has 5 rings (SSSR count). The second kappa shape index (κ2) is 13.9. The van der Waals surface area contributed by atoms with Crippen LogP contribution in [-0.4, -0.2) is 40.0 Å². The van der Waals surface area contributed by atoms with Crippen molar-refractivity contribution in [3.8, 4) is 0 Å². The molecular weight excluding hydrogens is 625 g/mol. The molecular formula is C35H36N2O7S2. The highest BCUT2D eigenvalue weighted by Crippen LogP contribution is 2.50. The van der Waals surface area contributed by atoms with Gasteiger partial charge in [-0.1, -0.05) is 96.1 Å². The molecule has 4 aromatic carbocycles. The van der Waals surface area contributed by atoms with E-state index in [0.717, 1.165) is 15.4 Å². The number of ketones is 1. The highest BCUT2D eigenvalue weighted by Gasteiger charge is 2.57. The summed E-state index contributed by atoms with van der Waals surface area (Å²) in [5.74, 6) is -0.625. The zero-order valence-corrected chi connectivity index (χ0v) is 27.8. The Bertz CT molecular complexity index is 1940. The van der Waals surface area contributed by atoms with E-state index in [4.69, 9.17) is 4.74 Å². The third-order valence-corrected chi connectivity index (χ3v) is 10.5. The second-order valence-corrected chi connectivity index (χ2v) is 14.5. The number of aryl methyl sites for hydroxylation is 2. The summed E-state index contributed by atoms with van der Waals surface area (Å²) in [4.78, 5) is 22.7. The number of hydrogen-bond acceptors (Lipinski definition) is 7. The second-order valence-electron chi connectivity index (χ2n) is 11.0. The molecule has 0 aromatic heterocycles. The number of nitrogens with zero attached hydrogens (tertiary/aromatic N) is 1. The van der Waals surface area contributed by atoms with Gasteiger partial charge in [0.1, 0.15) is 11.4 Å². The van der Waals surface area contributed by atoms with E-state index in [0.29, 0.717) is 5.56 Å². The lowest BCUT2D eigenvalue weighted by atomic mass is 10.00. The Labute approximate surface area is 270 Å². The molecule has 46 heavy (non-hydrogen) atoms. The molecule has 9 nitrogen and oxygen atoms in total. The number of methoxy groups -OCH3 is 1. The van der Waals surface area contributed by atoms with E-state index in [-0.39, 0.29) is 26.7 Å². The monoisotopic (exact) mass is 660 g/mol. The summed E-state index contributed by atoms with van der Waals surface area (Å²) in [6, 6.07) is 28.1. The first-order valence-corrected chi connectivity index (χ1v) is 17.3. The molecule has 0 aliphatic carbocycles. The number of carbonyl (C=O) groups excluding carboxylic acids is 2. The van der Waals surface area contributed by atoms with Crippen molar-refractivity contribution in [1.29, 1.82) is 0 Å². The molecule has 2 atom stereocenters.